The molecular weight excluding hydrogens is 276 g/mol. The number of methoxy groups -OCH3 is 1. The van der Waals surface area contributed by atoms with E-state index in [1.807, 2.05) is 0 Å². The lowest BCUT2D eigenvalue weighted by Gasteiger charge is -2.09. The first-order chi connectivity index (χ1) is 10.0. The summed E-state index contributed by atoms with van der Waals surface area (Å²) in [5.41, 5.74) is 5.96. The second kappa shape index (κ2) is 5.90. The van der Waals surface area contributed by atoms with Gasteiger partial charge >= 0.3 is 5.69 Å². The zero-order valence-corrected chi connectivity index (χ0v) is 11.5. The molecule has 21 heavy (non-hydrogen) atoms. The summed E-state index contributed by atoms with van der Waals surface area (Å²) in [7, 11) is 3.09. The molecule has 110 valence electrons. The van der Waals surface area contributed by atoms with Gasteiger partial charge in [-0.2, -0.15) is 9.97 Å². The normalized spacial score (nSPS) is 10.0. The number of hydrogen-bond donors (Lipinski definition) is 3. The van der Waals surface area contributed by atoms with Gasteiger partial charge in [-0.05, 0) is 24.3 Å². The largest absolute Gasteiger partial charge is 0.497 e. The lowest BCUT2D eigenvalue weighted by atomic mass is 10.3. The minimum Gasteiger partial charge on any atom is -0.497 e. The third-order valence-electron chi connectivity index (χ3n) is 2.68. The predicted octanol–water partition coefficient (Wildman–Crippen LogP) is 1.76. The summed E-state index contributed by atoms with van der Waals surface area (Å²) in [6.07, 6.45) is 0. The fourth-order valence-electron chi connectivity index (χ4n) is 1.69. The summed E-state index contributed by atoms with van der Waals surface area (Å²) in [5.74, 6) is 0.701. The molecule has 0 amide bonds. The van der Waals surface area contributed by atoms with E-state index in [2.05, 4.69) is 20.6 Å². The van der Waals surface area contributed by atoms with E-state index in [1.54, 1.807) is 31.4 Å². The van der Waals surface area contributed by atoms with Crippen LogP contribution >= 0.6 is 0 Å². The molecule has 2 aromatic rings. The van der Waals surface area contributed by atoms with Crippen molar-refractivity contribution in [3.63, 3.8) is 0 Å². The summed E-state index contributed by atoms with van der Waals surface area (Å²) in [5, 5.41) is 16.5. The fraction of sp³-hybridized carbons (Fsp3) is 0.167. The molecule has 0 unspecified atom stereocenters. The molecule has 1 aromatic heterocycles. The van der Waals surface area contributed by atoms with Gasteiger partial charge in [0.2, 0.25) is 17.6 Å². The molecular formula is C12H14N6O3. The van der Waals surface area contributed by atoms with E-state index in [9.17, 15) is 10.1 Å². The smallest absolute Gasteiger partial charge is 0.353 e. The second-order valence-corrected chi connectivity index (χ2v) is 3.99. The van der Waals surface area contributed by atoms with Gasteiger partial charge in [0.25, 0.3) is 0 Å². The number of nitrogen functional groups attached to an aromatic ring is 1. The van der Waals surface area contributed by atoms with Crippen molar-refractivity contribution >= 4 is 29.0 Å². The van der Waals surface area contributed by atoms with Gasteiger partial charge in [0.1, 0.15) is 5.75 Å². The molecule has 0 saturated heterocycles. The van der Waals surface area contributed by atoms with E-state index in [0.717, 1.165) is 0 Å². The van der Waals surface area contributed by atoms with Crippen LogP contribution in [-0.4, -0.2) is 29.0 Å². The number of rotatable bonds is 5. The predicted molar refractivity (Wildman–Crippen MR) is 78.9 cm³/mol. The lowest BCUT2D eigenvalue weighted by molar-refractivity contribution is -0.383. The Balaban J connectivity index is 2.31. The van der Waals surface area contributed by atoms with Crippen molar-refractivity contribution in [2.24, 2.45) is 0 Å². The van der Waals surface area contributed by atoms with E-state index in [4.69, 9.17) is 10.5 Å². The number of nitro groups is 1. The SMILES string of the molecule is CNc1nc(Nc2ccc(OC)cc2)nc(N)c1[N+](=O)[O-]. The Morgan fingerprint density at radius 1 is 1.29 bits per heavy atom. The van der Waals surface area contributed by atoms with Crippen LogP contribution in [0.15, 0.2) is 24.3 Å². The van der Waals surface area contributed by atoms with Gasteiger partial charge in [-0.1, -0.05) is 0 Å². The molecule has 0 aliphatic heterocycles. The number of nitrogens with one attached hydrogen (secondary N) is 2. The Kier molecular flexibility index (Phi) is 4.02. The number of hydrogen-bond acceptors (Lipinski definition) is 8. The molecule has 9 nitrogen and oxygen atoms in total. The molecule has 0 fully saturated rings. The van der Waals surface area contributed by atoms with Crippen LogP contribution in [0.25, 0.3) is 0 Å². The Hall–Kier alpha value is -3.10. The monoisotopic (exact) mass is 290 g/mol. The Labute approximate surface area is 120 Å². The summed E-state index contributed by atoms with van der Waals surface area (Å²) in [6.45, 7) is 0. The third kappa shape index (κ3) is 3.08. The van der Waals surface area contributed by atoms with Gasteiger partial charge in [-0.15, -0.1) is 0 Å². The van der Waals surface area contributed by atoms with Crippen LogP contribution < -0.4 is 21.1 Å². The van der Waals surface area contributed by atoms with Crippen molar-refractivity contribution in [2.45, 2.75) is 0 Å². The first-order valence-corrected chi connectivity index (χ1v) is 5.96. The molecule has 0 spiro atoms. The van der Waals surface area contributed by atoms with Gasteiger partial charge in [-0.25, -0.2) is 0 Å². The molecule has 2 rings (SSSR count). The van der Waals surface area contributed by atoms with Gasteiger partial charge in [0.15, 0.2) is 0 Å². The van der Waals surface area contributed by atoms with E-state index in [1.165, 1.54) is 7.05 Å². The standard InChI is InChI=1S/C12H14N6O3/c1-14-11-9(18(19)20)10(13)16-12(17-11)15-7-3-5-8(21-2)6-4-7/h3-6H,1-2H3,(H4,13,14,15,16,17). The number of nitrogens with two attached hydrogens (primary N) is 1. The summed E-state index contributed by atoms with van der Waals surface area (Å²) >= 11 is 0. The first-order valence-electron chi connectivity index (χ1n) is 5.96. The third-order valence-corrected chi connectivity index (χ3v) is 2.68. The molecule has 0 saturated carbocycles. The van der Waals surface area contributed by atoms with Crippen molar-refractivity contribution in [2.75, 3.05) is 30.5 Å². The maximum absolute atomic E-state index is 10.9. The summed E-state index contributed by atoms with van der Waals surface area (Å²) in [4.78, 5) is 18.2. The Morgan fingerprint density at radius 2 is 1.95 bits per heavy atom. The number of nitrogens with zero attached hydrogens (tertiary/aromatic N) is 3. The molecule has 0 bridgehead atoms. The van der Waals surface area contributed by atoms with Crippen LogP contribution in [0, 0.1) is 10.1 Å². The highest BCUT2D eigenvalue weighted by atomic mass is 16.6. The average molecular weight is 290 g/mol. The van der Waals surface area contributed by atoms with Crippen molar-refractivity contribution in [3.8, 4) is 5.75 Å². The van der Waals surface area contributed by atoms with Gasteiger partial charge in [0, 0.05) is 12.7 Å². The highest BCUT2D eigenvalue weighted by Crippen LogP contribution is 2.29. The van der Waals surface area contributed by atoms with Crippen molar-refractivity contribution in [1.82, 2.24) is 9.97 Å². The van der Waals surface area contributed by atoms with Crippen LogP contribution in [0.2, 0.25) is 0 Å². The number of benzene rings is 1. The zero-order valence-electron chi connectivity index (χ0n) is 11.5. The first kappa shape index (κ1) is 14.3. The number of aromatic nitrogens is 2. The molecule has 0 atom stereocenters. The van der Waals surface area contributed by atoms with Crippen LogP contribution in [0.1, 0.15) is 0 Å². The average Bonchev–Trinajstić information content (AvgIpc) is 2.46. The van der Waals surface area contributed by atoms with Gasteiger partial charge < -0.3 is 21.1 Å². The molecule has 9 heteroatoms. The minimum absolute atomic E-state index is 0.0449. The zero-order chi connectivity index (χ0) is 15.4. The van der Waals surface area contributed by atoms with Gasteiger partial charge in [0.05, 0.1) is 12.0 Å². The fourth-order valence-corrected chi connectivity index (χ4v) is 1.69. The summed E-state index contributed by atoms with van der Waals surface area (Å²) in [6, 6.07) is 7.05. The molecule has 4 N–H and O–H groups in total. The molecule has 1 aromatic carbocycles. The Bertz CT molecular complexity index is 659. The maximum Gasteiger partial charge on any atom is 0.353 e. The molecule has 0 aliphatic carbocycles. The molecule has 0 radical (unpaired) electrons. The van der Waals surface area contributed by atoms with E-state index in [-0.39, 0.29) is 23.3 Å². The highest BCUT2D eigenvalue weighted by Gasteiger charge is 2.22. The topological polar surface area (TPSA) is 128 Å². The van der Waals surface area contributed by atoms with Crippen molar-refractivity contribution in [3.05, 3.63) is 34.4 Å². The summed E-state index contributed by atoms with van der Waals surface area (Å²) < 4.78 is 5.05. The van der Waals surface area contributed by atoms with E-state index in [0.29, 0.717) is 11.4 Å². The number of ether oxygens (including phenoxy) is 1. The second-order valence-electron chi connectivity index (χ2n) is 3.99. The quantitative estimate of drug-likeness (QED) is 0.561. The van der Waals surface area contributed by atoms with Crippen LogP contribution in [-0.2, 0) is 0 Å². The van der Waals surface area contributed by atoms with Crippen LogP contribution in [0.5, 0.6) is 5.75 Å². The maximum atomic E-state index is 10.9. The van der Waals surface area contributed by atoms with E-state index < -0.39 is 4.92 Å². The van der Waals surface area contributed by atoms with E-state index >= 15 is 0 Å². The molecule has 1 heterocycles. The van der Waals surface area contributed by atoms with Crippen molar-refractivity contribution < 1.29 is 9.66 Å². The van der Waals surface area contributed by atoms with Gasteiger partial charge in [-0.3, -0.25) is 10.1 Å². The highest BCUT2D eigenvalue weighted by molar-refractivity contribution is 5.71. The number of anilines is 4. The lowest BCUT2D eigenvalue weighted by Crippen LogP contribution is -2.08. The minimum atomic E-state index is -0.627. The van der Waals surface area contributed by atoms with Crippen LogP contribution in [0.3, 0.4) is 0 Å². The molecule has 0 aliphatic rings. The Morgan fingerprint density at radius 3 is 2.48 bits per heavy atom. The van der Waals surface area contributed by atoms with Crippen LogP contribution in [0.4, 0.5) is 29.0 Å². The van der Waals surface area contributed by atoms with Crippen molar-refractivity contribution in [1.29, 1.82) is 0 Å².